The van der Waals surface area contributed by atoms with Crippen molar-refractivity contribution in [3.63, 3.8) is 0 Å². The molecule has 1 aromatic heterocycles. The van der Waals surface area contributed by atoms with Gasteiger partial charge in [0.1, 0.15) is 10.3 Å². The Morgan fingerprint density at radius 1 is 1.19 bits per heavy atom. The molecule has 1 aromatic carbocycles. The molecule has 2 rings (SSSR count). The summed E-state index contributed by atoms with van der Waals surface area (Å²) in [6.45, 7) is 0.276. The number of carbonyl (C=O) groups is 1. The Kier molecular flexibility index (Phi) is 5.15. The third kappa shape index (κ3) is 3.72. The number of rotatable bonds is 4. The summed E-state index contributed by atoms with van der Waals surface area (Å²) < 4.78 is 0. The van der Waals surface area contributed by atoms with E-state index >= 15 is 0 Å². The Morgan fingerprint density at radius 2 is 1.90 bits per heavy atom. The quantitative estimate of drug-likeness (QED) is 0.802. The molecule has 0 radical (unpaired) electrons. The Hall–Kier alpha value is -2.09. The zero-order valence-corrected chi connectivity index (χ0v) is 12.5. The van der Waals surface area contributed by atoms with Crippen molar-refractivity contribution in [3.8, 4) is 6.07 Å². The number of nitrogens with zero attached hydrogens (tertiary/aromatic N) is 3. The standard InChI is InChI=1S/C15H11Cl2N3O/c16-13-8-7-12(14(17)19-13)15(21)20(10-4-9-18)11-5-2-1-3-6-11/h1-3,5-8H,4,10H2. The van der Waals surface area contributed by atoms with Crippen LogP contribution < -0.4 is 4.90 Å². The first-order valence-electron chi connectivity index (χ1n) is 6.19. The highest BCUT2D eigenvalue weighted by molar-refractivity contribution is 6.35. The number of nitriles is 1. The second-order valence-electron chi connectivity index (χ2n) is 4.17. The van der Waals surface area contributed by atoms with Crippen LogP contribution in [0.1, 0.15) is 16.8 Å². The molecule has 0 aliphatic rings. The number of hydrogen-bond acceptors (Lipinski definition) is 3. The maximum Gasteiger partial charge on any atom is 0.261 e. The normalized spacial score (nSPS) is 9.95. The summed E-state index contributed by atoms with van der Waals surface area (Å²) in [5.74, 6) is -0.314. The Morgan fingerprint density at radius 3 is 2.52 bits per heavy atom. The number of para-hydroxylation sites is 1. The highest BCUT2D eigenvalue weighted by Gasteiger charge is 2.20. The summed E-state index contributed by atoms with van der Waals surface area (Å²) >= 11 is 11.7. The molecule has 1 heterocycles. The van der Waals surface area contributed by atoms with Crippen molar-refractivity contribution >= 4 is 34.8 Å². The average Bonchev–Trinajstić information content (AvgIpc) is 2.48. The van der Waals surface area contributed by atoms with Crippen molar-refractivity contribution in [2.24, 2.45) is 0 Å². The maximum atomic E-state index is 12.6. The number of halogens is 2. The molecule has 0 saturated carbocycles. The van der Waals surface area contributed by atoms with Gasteiger partial charge in [-0.2, -0.15) is 5.26 Å². The number of carbonyl (C=O) groups excluding carboxylic acids is 1. The number of anilines is 1. The summed E-state index contributed by atoms with van der Waals surface area (Å²) in [4.78, 5) is 18.0. The van der Waals surface area contributed by atoms with E-state index in [0.717, 1.165) is 0 Å². The second kappa shape index (κ2) is 7.07. The van der Waals surface area contributed by atoms with Gasteiger partial charge in [-0.15, -0.1) is 0 Å². The minimum Gasteiger partial charge on any atom is -0.307 e. The first-order valence-corrected chi connectivity index (χ1v) is 6.95. The lowest BCUT2D eigenvalue weighted by atomic mass is 10.2. The molecular formula is C15H11Cl2N3O. The van der Waals surface area contributed by atoms with Crippen LogP contribution in [0.3, 0.4) is 0 Å². The first-order chi connectivity index (χ1) is 10.1. The lowest BCUT2D eigenvalue weighted by molar-refractivity contribution is 0.0987. The van der Waals surface area contributed by atoms with Crippen molar-refractivity contribution in [1.29, 1.82) is 5.26 Å². The van der Waals surface area contributed by atoms with E-state index in [2.05, 4.69) is 4.98 Å². The van der Waals surface area contributed by atoms with Gasteiger partial charge in [-0.25, -0.2) is 4.98 Å². The van der Waals surface area contributed by atoms with Crippen LogP contribution in [-0.2, 0) is 0 Å². The molecule has 0 unspecified atom stereocenters. The van der Waals surface area contributed by atoms with Crippen molar-refractivity contribution in [2.75, 3.05) is 11.4 Å². The zero-order chi connectivity index (χ0) is 15.2. The molecule has 4 nitrogen and oxygen atoms in total. The first kappa shape index (κ1) is 15.3. The SMILES string of the molecule is N#CCCN(C(=O)c1ccc(Cl)nc1Cl)c1ccccc1. The molecule has 0 atom stereocenters. The lowest BCUT2D eigenvalue weighted by Crippen LogP contribution is -2.32. The Labute approximate surface area is 132 Å². The van der Waals surface area contributed by atoms with E-state index in [0.29, 0.717) is 5.69 Å². The fraction of sp³-hybridized carbons (Fsp3) is 0.133. The molecular weight excluding hydrogens is 309 g/mol. The molecule has 1 amide bonds. The van der Waals surface area contributed by atoms with Gasteiger partial charge in [-0.1, -0.05) is 41.4 Å². The summed E-state index contributed by atoms with van der Waals surface area (Å²) in [6, 6.07) is 14.2. The third-order valence-corrected chi connectivity index (χ3v) is 3.30. The van der Waals surface area contributed by atoms with E-state index < -0.39 is 0 Å². The van der Waals surface area contributed by atoms with Crippen LogP contribution in [0.15, 0.2) is 42.5 Å². The maximum absolute atomic E-state index is 12.6. The van der Waals surface area contributed by atoms with E-state index in [9.17, 15) is 4.79 Å². The molecule has 6 heteroatoms. The topological polar surface area (TPSA) is 57.0 Å². The van der Waals surface area contributed by atoms with Crippen LogP contribution >= 0.6 is 23.2 Å². The highest BCUT2D eigenvalue weighted by atomic mass is 35.5. The van der Waals surface area contributed by atoms with Crippen LogP contribution in [-0.4, -0.2) is 17.4 Å². The van der Waals surface area contributed by atoms with Crippen molar-refractivity contribution < 1.29 is 4.79 Å². The number of aromatic nitrogens is 1. The largest absolute Gasteiger partial charge is 0.307 e. The number of hydrogen-bond donors (Lipinski definition) is 0. The van der Waals surface area contributed by atoms with Gasteiger partial charge in [0.05, 0.1) is 18.1 Å². The van der Waals surface area contributed by atoms with Gasteiger partial charge in [0.15, 0.2) is 0 Å². The number of benzene rings is 1. The van der Waals surface area contributed by atoms with Gasteiger partial charge in [0.2, 0.25) is 0 Å². The number of pyridine rings is 1. The second-order valence-corrected chi connectivity index (χ2v) is 4.92. The molecule has 0 saturated heterocycles. The monoisotopic (exact) mass is 319 g/mol. The van der Waals surface area contributed by atoms with Crippen molar-refractivity contribution in [2.45, 2.75) is 6.42 Å². The summed E-state index contributed by atoms with van der Waals surface area (Å²) in [5, 5.41) is 9.03. The minimum atomic E-state index is -0.314. The smallest absolute Gasteiger partial charge is 0.261 e. The van der Waals surface area contributed by atoms with Gasteiger partial charge in [0, 0.05) is 12.2 Å². The molecule has 2 aromatic rings. The van der Waals surface area contributed by atoms with Crippen molar-refractivity contribution in [1.82, 2.24) is 4.98 Å². The lowest BCUT2D eigenvalue weighted by Gasteiger charge is -2.22. The van der Waals surface area contributed by atoms with E-state index in [1.54, 1.807) is 12.1 Å². The summed E-state index contributed by atoms with van der Waals surface area (Å²) in [7, 11) is 0. The fourth-order valence-corrected chi connectivity index (χ4v) is 2.26. The van der Waals surface area contributed by atoms with Crippen LogP contribution in [0.4, 0.5) is 5.69 Å². The summed E-state index contributed by atoms with van der Waals surface area (Å²) in [5.41, 5.74) is 0.951. The van der Waals surface area contributed by atoms with Crippen LogP contribution in [0.2, 0.25) is 10.3 Å². The van der Waals surface area contributed by atoms with E-state index in [4.69, 9.17) is 28.5 Å². The molecule has 21 heavy (non-hydrogen) atoms. The van der Waals surface area contributed by atoms with Gasteiger partial charge >= 0.3 is 0 Å². The van der Waals surface area contributed by atoms with E-state index in [1.165, 1.54) is 17.0 Å². The molecule has 0 N–H and O–H groups in total. The molecule has 0 bridgehead atoms. The molecule has 0 aliphatic carbocycles. The predicted molar refractivity (Wildman–Crippen MR) is 82.6 cm³/mol. The van der Waals surface area contributed by atoms with Gasteiger partial charge in [-0.05, 0) is 24.3 Å². The van der Waals surface area contributed by atoms with Gasteiger partial charge < -0.3 is 4.90 Å². The fourth-order valence-electron chi connectivity index (χ4n) is 1.83. The Balaban J connectivity index is 2.37. The minimum absolute atomic E-state index is 0.0467. The molecule has 0 fully saturated rings. The molecule has 106 valence electrons. The van der Waals surface area contributed by atoms with Crippen LogP contribution in [0.25, 0.3) is 0 Å². The summed E-state index contributed by atoms with van der Waals surface area (Å²) in [6.07, 6.45) is 0.221. The molecule has 0 aliphatic heterocycles. The Bertz CT molecular complexity index is 683. The van der Waals surface area contributed by atoms with E-state index in [1.807, 2.05) is 24.3 Å². The van der Waals surface area contributed by atoms with Gasteiger partial charge in [-0.3, -0.25) is 4.79 Å². The van der Waals surface area contributed by atoms with E-state index in [-0.39, 0.29) is 34.7 Å². The third-order valence-electron chi connectivity index (χ3n) is 2.81. The van der Waals surface area contributed by atoms with Gasteiger partial charge in [0.25, 0.3) is 5.91 Å². The van der Waals surface area contributed by atoms with Crippen LogP contribution in [0, 0.1) is 11.3 Å². The molecule has 0 spiro atoms. The zero-order valence-electron chi connectivity index (χ0n) is 11.0. The highest BCUT2D eigenvalue weighted by Crippen LogP contribution is 2.22. The average molecular weight is 320 g/mol. The van der Waals surface area contributed by atoms with Crippen LogP contribution in [0.5, 0.6) is 0 Å². The number of amides is 1. The predicted octanol–water partition coefficient (Wildman–Crippen LogP) is 3.95. The van der Waals surface area contributed by atoms with Crippen molar-refractivity contribution in [3.05, 3.63) is 58.3 Å².